The van der Waals surface area contributed by atoms with E-state index in [1.54, 1.807) is 43.3 Å². The highest BCUT2D eigenvalue weighted by atomic mass is 32.2. The van der Waals surface area contributed by atoms with Crippen LogP contribution in [0.15, 0.2) is 53.4 Å². The van der Waals surface area contributed by atoms with Crippen LogP contribution in [0.1, 0.15) is 29.9 Å². The number of nitrogens with one attached hydrogen (secondary N) is 2. The first-order chi connectivity index (χ1) is 15.6. The Morgan fingerprint density at radius 3 is 2.48 bits per heavy atom. The number of nitrogens with zero attached hydrogens (tertiary/aromatic N) is 2. The van der Waals surface area contributed by atoms with Crippen LogP contribution in [0, 0.1) is 6.92 Å². The summed E-state index contributed by atoms with van der Waals surface area (Å²) in [4.78, 5) is 12.8. The van der Waals surface area contributed by atoms with E-state index in [9.17, 15) is 18.3 Å². The Hall–Kier alpha value is -3.21. The van der Waals surface area contributed by atoms with Gasteiger partial charge in [0.2, 0.25) is 10.0 Å². The Balaban J connectivity index is 1.47. The summed E-state index contributed by atoms with van der Waals surface area (Å²) in [5.74, 6) is -0.329. The van der Waals surface area contributed by atoms with E-state index in [1.807, 2.05) is 13.8 Å². The van der Waals surface area contributed by atoms with Gasteiger partial charge >= 0.3 is 0 Å². The predicted octanol–water partition coefficient (Wildman–Crippen LogP) is 3.14. The number of phenols is 1. The standard InChI is InChI=1S/C23H26N4O5S/c1-14-5-4-6-19(22(14)28)20-11-21(26-25-20)23(29)24-17-7-9-18(10-8-17)33(30,31)27-12-15(2)32-16(3)13-27/h4-11,15-16,28H,12-13H2,1-3H3,(H,24,29)(H,25,26). The molecule has 33 heavy (non-hydrogen) atoms. The van der Waals surface area contributed by atoms with Gasteiger partial charge in [0.1, 0.15) is 11.4 Å². The van der Waals surface area contributed by atoms with Crippen LogP contribution in [-0.2, 0) is 14.8 Å². The lowest BCUT2D eigenvalue weighted by atomic mass is 10.1. The molecule has 0 spiro atoms. The molecule has 2 aromatic carbocycles. The van der Waals surface area contributed by atoms with E-state index in [1.165, 1.54) is 16.4 Å². The number of aromatic hydroxyl groups is 1. The molecule has 1 fully saturated rings. The number of morpholine rings is 1. The van der Waals surface area contributed by atoms with Crippen LogP contribution in [0.5, 0.6) is 5.75 Å². The van der Waals surface area contributed by atoms with E-state index in [4.69, 9.17) is 4.74 Å². The minimum absolute atomic E-state index is 0.108. The molecule has 1 aliphatic rings. The number of carbonyl (C=O) groups excluding carboxylic acids is 1. The van der Waals surface area contributed by atoms with Crippen molar-refractivity contribution in [1.82, 2.24) is 14.5 Å². The molecular weight excluding hydrogens is 444 g/mol. The zero-order valence-electron chi connectivity index (χ0n) is 18.6. The molecule has 0 aliphatic carbocycles. The maximum absolute atomic E-state index is 13.0. The topological polar surface area (TPSA) is 125 Å². The first kappa shape index (κ1) is 23.0. The van der Waals surface area contributed by atoms with Crippen LogP contribution in [-0.4, -0.2) is 59.2 Å². The number of hydrogen-bond acceptors (Lipinski definition) is 6. The summed E-state index contributed by atoms with van der Waals surface area (Å²) in [5.41, 5.74) is 2.32. The minimum atomic E-state index is -3.66. The number of rotatable bonds is 5. The van der Waals surface area contributed by atoms with Crippen molar-refractivity contribution in [3.05, 3.63) is 59.8 Å². The lowest BCUT2D eigenvalue weighted by Gasteiger charge is -2.34. The molecule has 3 aromatic rings. The number of carbonyl (C=O) groups is 1. The monoisotopic (exact) mass is 470 g/mol. The highest BCUT2D eigenvalue weighted by molar-refractivity contribution is 7.89. The van der Waals surface area contributed by atoms with Gasteiger partial charge in [0.15, 0.2) is 0 Å². The number of ether oxygens (including phenoxy) is 1. The van der Waals surface area contributed by atoms with Gasteiger partial charge in [0.25, 0.3) is 5.91 Å². The fourth-order valence-electron chi connectivity index (χ4n) is 3.83. The Labute approximate surface area is 192 Å². The summed E-state index contributed by atoms with van der Waals surface area (Å²) in [7, 11) is -3.66. The lowest BCUT2D eigenvalue weighted by molar-refractivity contribution is -0.0440. The SMILES string of the molecule is Cc1cccc(-c2cc(C(=O)Nc3ccc(S(=O)(=O)N4CC(C)OC(C)C4)cc3)[nH]n2)c1O. The van der Waals surface area contributed by atoms with Gasteiger partial charge in [-0.15, -0.1) is 0 Å². The summed E-state index contributed by atoms with van der Waals surface area (Å²) < 4.78 is 33.0. The Morgan fingerprint density at radius 2 is 1.82 bits per heavy atom. The van der Waals surface area contributed by atoms with Crippen LogP contribution in [0.25, 0.3) is 11.3 Å². The second kappa shape index (κ2) is 8.97. The average molecular weight is 471 g/mol. The molecule has 10 heteroatoms. The van der Waals surface area contributed by atoms with Crippen LogP contribution >= 0.6 is 0 Å². The molecule has 1 saturated heterocycles. The molecule has 4 rings (SSSR count). The number of H-pyrrole nitrogens is 1. The van der Waals surface area contributed by atoms with Gasteiger partial charge in [-0.25, -0.2) is 8.42 Å². The molecule has 0 bridgehead atoms. The number of aromatic amines is 1. The number of hydrogen-bond donors (Lipinski definition) is 3. The normalized spacial score (nSPS) is 19.4. The van der Waals surface area contributed by atoms with E-state index < -0.39 is 15.9 Å². The van der Waals surface area contributed by atoms with Gasteiger partial charge in [-0.2, -0.15) is 9.40 Å². The van der Waals surface area contributed by atoms with Crippen LogP contribution in [0.2, 0.25) is 0 Å². The average Bonchev–Trinajstić information content (AvgIpc) is 3.25. The van der Waals surface area contributed by atoms with Crippen LogP contribution < -0.4 is 5.32 Å². The van der Waals surface area contributed by atoms with Crippen molar-refractivity contribution in [3.63, 3.8) is 0 Å². The second-order valence-corrected chi connectivity index (χ2v) is 10.1. The number of amides is 1. The predicted molar refractivity (Wildman–Crippen MR) is 124 cm³/mol. The molecule has 1 aliphatic heterocycles. The molecule has 9 nitrogen and oxygen atoms in total. The summed E-state index contributed by atoms with van der Waals surface area (Å²) in [5, 5.41) is 19.7. The molecule has 0 radical (unpaired) electrons. The van der Waals surface area contributed by atoms with E-state index in [-0.39, 0.29) is 28.5 Å². The van der Waals surface area contributed by atoms with Crippen molar-refractivity contribution in [3.8, 4) is 17.0 Å². The molecule has 2 unspecified atom stereocenters. The molecule has 1 aromatic heterocycles. The van der Waals surface area contributed by atoms with Crippen molar-refractivity contribution in [2.24, 2.45) is 0 Å². The van der Waals surface area contributed by atoms with Gasteiger partial charge < -0.3 is 15.2 Å². The first-order valence-corrected chi connectivity index (χ1v) is 12.0. The third kappa shape index (κ3) is 4.77. The highest BCUT2D eigenvalue weighted by Crippen LogP contribution is 2.31. The quantitative estimate of drug-likeness (QED) is 0.526. The van der Waals surface area contributed by atoms with Crippen LogP contribution in [0.3, 0.4) is 0 Å². The minimum Gasteiger partial charge on any atom is -0.507 e. The van der Waals surface area contributed by atoms with Gasteiger partial charge in [0, 0.05) is 24.3 Å². The molecule has 2 heterocycles. The number of phenolic OH excluding ortho intramolecular Hbond substituents is 1. The van der Waals surface area contributed by atoms with Crippen LogP contribution in [0.4, 0.5) is 5.69 Å². The Morgan fingerprint density at radius 1 is 1.15 bits per heavy atom. The molecule has 3 N–H and O–H groups in total. The van der Waals surface area contributed by atoms with Gasteiger partial charge in [-0.1, -0.05) is 12.1 Å². The molecule has 174 valence electrons. The maximum atomic E-state index is 13.0. The largest absolute Gasteiger partial charge is 0.507 e. The first-order valence-electron chi connectivity index (χ1n) is 10.6. The number of aromatic nitrogens is 2. The van der Waals surface area contributed by atoms with E-state index in [0.29, 0.717) is 35.6 Å². The van der Waals surface area contributed by atoms with Crippen molar-refractivity contribution in [1.29, 1.82) is 0 Å². The highest BCUT2D eigenvalue weighted by Gasteiger charge is 2.32. The second-order valence-electron chi connectivity index (χ2n) is 8.20. The number of benzene rings is 2. The Bertz CT molecular complexity index is 1260. The number of para-hydroxylation sites is 1. The van der Waals surface area contributed by atoms with Crippen molar-refractivity contribution in [2.45, 2.75) is 37.9 Å². The Kier molecular flexibility index (Phi) is 6.24. The van der Waals surface area contributed by atoms with Gasteiger partial charge in [-0.05, 0) is 62.7 Å². The van der Waals surface area contributed by atoms with E-state index in [0.717, 1.165) is 0 Å². The third-order valence-corrected chi connectivity index (χ3v) is 7.32. The fraction of sp³-hybridized carbons (Fsp3) is 0.304. The smallest absolute Gasteiger partial charge is 0.273 e. The lowest BCUT2D eigenvalue weighted by Crippen LogP contribution is -2.48. The van der Waals surface area contributed by atoms with Gasteiger partial charge in [-0.3, -0.25) is 9.89 Å². The zero-order valence-corrected chi connectivity index (χ0v) is 19.4. The summed E-state index contributed by atoms with van der Waals surface area (Å²) in [6.07, 6.45) is -0.355. The molecular formula is C23H26N4O5S. The fourth-order valence-corrected chi connectivity index (χ4v) is 5.42. The maximum Gasteiger partial charge on any atom is 0.273 e. The summed E-state index contributed by atoms with van der Waals surface area (Å²) in [6, 6.07) is 12.9. The van der Waals surface area contributed by atoms with Crippen molar-refractivity contribution in [2.75, 3.05) is 18.4 Å². The molecule has 1 amide bonds. The van der Waals surface area contributed by atoms with E-state index >= 15 is 0 Å². The van der Waals surface area contributed by atoms with Crippen molar-refractivity contribution < 1.29 is 23.1 Å². The number of aryl methyl sites for hydroxylation is 1. The summed E-state index contributed by atoms with van der Waals surface area (Å²) in [6.45, 7) is 6.06. The van der Waals surface area contributed by atoms with Crippen molar-refractivity contribution >= 4 is 21.6 Å². The number of sulfonamides is 1. The molecule has 0 saturated carbocycles. The van der Waals surface area contributed by atoms with Gasteiger partial charge in [0.05, 0.1) is 22.8 Å². The summed E-state index contributed by atoms with van der Waals surface area (Å²) >= 11 is 0. The van der Waals surface area contributed by atoms with E-state index in [2.05, 4.69) is 15.5 Å². The zero-order chi connectivity index (χ0) is 23.8. The third-order valence-electron chi connectivity index (χ3n) is 5.47. The molecule has 2 atom stereocenters. The number of anilines is 1.